The number of nitrogens with two attached hydrogens (primary N) is 1. The van der Waals surface area contributed by atoms with Crippen LogP contribution in [-0.4, -0.2) is 29.7 Å². The molecule has 0 fully saturated rings. The minimum Gasteiger partial charge on any atom is -0.444 e. The molecule has 1 aliphatic heterocycles. The van der Waals surface area contributed by atoms with Gasteiger partial charge in [-0.3, -0.25) is 0 Å². The summed E-state index contributed by atoms with van der Waals surface area (Å²) in [7, 11) is 0. The molecule has 1 aromatic rings. The van der Waals surface area contributed by atoms with Crippen LogP contribution >= 0.6 is 0 Å². The van der Waals surface area contributed by atoms with E-state index in [1.165, 1.54) is 17.0 Å². The maximum Gasteiger partial charge on any atom is 0.416 e. The number of rotatable bonds is 1. The number of carbonyl (C=O) groups is 1. The van der Waals surface area contributed by atoms with Crippen LogP contribution in [0, 0.1) is 45.3 Å². The molecule has 7 nitrogen and oxygen atoms in total. The highest BCUT2D eigenvalue weighted by Gasteiger charge is 2.55. The molecule has 0 bridgehead atoms. The molecule has 0 aromatic heterocycles. The van der Waals surface area contributed by atoms with Crippen LogP contribution in [0.25, 0.3) is 0 Å². The van der Waals surface area contributed by atoms with E-state index < -0.39 is 40.7 Å². The lowest BCUT2D eigenvalue weighted by molar-refractivity contribution is -0.137. The fourth-order valence-electron chi connectivity index (χ4n) is 4.41. The molecule has 2 N–H and O–H groups in total. The number of ether oxygens (including phenoxy) is 1. The third kappa shape index (κ3) is 4.18. The number of alkyl halides is 3. The average molecular weight is 469 g/mol. The fourth-order valence-corrected chi connectivity index (χ4v) is 4.41. The molecule has 1 heterocycles. The van der Waals surface area contributed by atoms with Crippen molar-refractivity contribution in [2.45, 2.75) is 38.5 Å². The molecule has 2 aliphatic rings. The van der Waals surface area contributed by atoms with E-state index in [-0.39, 0.29) is 29.9 Å². The van der Waals surface area contributed by atoms with Crippen molar-refractivity contribution in [3.63, 3.8) is 0 Å². The first-order valence-corrected chi connectivity index (χ1v) is 10.4. The summed E-state index contributed by atoms with van der Waals surface area (Å²) >= 11 is 0. The van der Waals surface area contributed by atoms with E-state index in [4.69, 9.17) is 10.5 Å². The van der Waals surface area contributed by atoms with Gasteiger partial charge >= 0.3 is 12.3 Å². The lowest BCUT2D eigenvalue weighted by atomic mass is 9.58. The monoisotopic (exact) mass is 469 g/mol. The van der Waals surface area contributed by atoms with Crippen molar-refractivity contribution in [2.75, 3.05) is 13.1 Å². The van der Waals surface area contributed by atoms with Crippen LogP contribution in [0.15, 0.2) is 47.2 Å². The molecule has 1 amide bonds. The Kier molecular flexibility index (Phi) is 6.11. The number of nitriles is 3. The molecule has 0 unspecified atom stereocenters. The van der Waals surface area contributed by atoms with E-state index in [0.29, 0.717) is 5.57 Å². The van der Waals surface area contributed by atoms with Crippen LogP contribution in [0.4, 0.5) is 18.0 Å². The van der Waals surface area contributed by atoms with Gasteiger partial charge in [0.15, 0.2) is 5.41 Å². The van der Waals surface area contributed by atoms with Gasteiger partial charge < -0.3 is 15.4 Å². The van der Waals surface area contributed by atoms with Gasteiger partial charge in [-0.2, -0.15) is 29.0 Å². The van der Waals surface area contributed by atoms with Crippen LogP contribution in [0.1, 0.15) is 37.8 Å². The first kappa shape index (κ1) is 24.7. The Morgan fingerprint density at radius 2 is 1.74 bits per heavy atom. The molecule has 0 radical (unpaired) electrons. The number of nitrogens with zero attached hydrogens (tertiary/aromatic N) is 4. The van der Waals surface area contributed by atoms with Crippen molar-refractivity contribution >= 4 is 6.09 Å². The Bertz CT molecular complexity index is 1170. The third-order valence-electron chi connectivity index (χ3n) is 5.91. The van der Waals surface area contributed by atoms with Crippen LogP contribution in [0.5, 0.6) is 0 Å². The normalized spacial score (nSPS) is 22.0. The van der Waals surface area contributed by atoms with Crippen LogP contribution in [0.2, 0.25) is 0 Å². The van der Waals surface area contributed by atoms with Gasteiger partial charge in [-0.25, -0.2) is 4.79 Å². The molecule has 0 spiro atoms. The SMILES string of the molecule is CC(C)(C)OC(=O)N1CC=C2C(C#N)=C(N)C(C#N)(C#N)[C@H](c3ccc(C(F)(F)F)cc3)[C@H]2C1. The zero-order chi connectivity index (χ0) is 25.5. The predicted molar refractivity (Wildman–Crippen MR) is 114 cm³/mol. The van der Waals surface area contributed by atoms with E-state index >= 15 is 0 Å². The number of carbonyl (C=O) groups excluding carboxylic acids is 1. The van der Waals surface area contributed by atoms with Crippen molar-refractivity contribution < 1.29 is 22.7 Å². The number of hydrogen-bond donors (Lipinski definition) is 1. The van der Waals surface area contributed by atoms with Gasteiger partial charge in [0.05, 0.1) is 29.0 Å². The van der Waals surface area contributed by atoms with E-state index in [9.17, 15) is 33.8 Å². The van der Waals surface area contributed by atoms with Crippen molar-refractivity contribution in [2.24, 2.45) is 17.1 Å². The molecule has 1 aromatic carbocycles. The standard InChI is InChI=1S/C24H22F3N5O2/c1-22(2,3)34-21(33)32-9-8-16-17(10-28)20(31)23(12-29,13-30)19(18(16)11-32)14-4-6-15(7-5-14)24(25,26)27/h4-8,18-19H,9,11,31H2,1-3H3/t18-,19+/m0/s1. The van der Waals surface area contributed by atoms with E-state index in [2.05, 4.69) is 0 Å². The Morgan fingerprint density at radius 1 is 1.15 bits per heavy atom. The van der Waals surface area contributed by atoms with Gasteiger partial charge in [0.1, 0.15) is 11.7 Å². The topological polar surface area (TPSA) is 127 Å². The van der Waals surface area contributed by atoms with Crippen molar-refractivity contribution in [1.82, 2.24) is 4.90 Å². The minimum absolute atomic E-state index is 0.0179. The Morgan fingerprint density at radius 3 is 2.21 bits per heavy atom. The molecule has 3 rings (SSSR count). The summed E-state index contributed by atoms with van der Waals surface area (Å²) in [5.74, 6) is -1.78. The van der Waals surface area contributed by atoms with E-state index in [1.54, 1.807) is 26.8 Å². The molecule has 176 valence electrons. The highest BCUT2D eigenvalue weighted by Crippen LogP contribution is 2.54. The maximum atomic E-state index is 13.1. The number of amides is 1. The van der Waals surface area contributed by atoms with Gasteiger partial charge in [-0.15, -0.1) is 0 Å². The van der Waals surface area contributed by atoms with Crippen molar-refractivity contribution in [1.29, 1.82) is 15.8 Å². The largest absolute Gasteiger partial charge is 0.444 e. The maximum absolute atomic E-state index is 13.1. The minimum atomic E-state index is -4.57. The van der Waals surface area contributed by atoms with Crippen molar-refractivity contribution in [3.8, 4) is 18.2 Å². The first-order valence-electron chi connectivity index (χ1n) is 10.4. The molecular weight excluding hydrogens is 447 g/mol. The second kappa shape index (κ2) is 8.43. The van der Waals surface area contributed by atoms with Gasteiger partial charge in [0.2, 0.25) is 0 Å². The van der Waals surface area contributed by atoms with Crippen LogP contribution < -0.4 is 5.73 Å². The van der Waals surface area contributed by atoms with Gasteiger partial charge in [0.25, 0.3) is 0 Å². The molecular formula is C24H22F3N5O2. The van der Waals surface area contributed by atoms with E-state index in [1.807, 2.05) is 18.2 Å². The highest BCUT2D eigenvalue weighted by atomic mass is 19.4. The van der Waals surface area contributed by atoms with E-state index in [0.717, 1.165) is 12.1 Å². The number of fused-ring (bicyclic) bond motifs is 1. The quantitative estimate of drug-likeness (QED) is 0.651. The van der Waals surface area contributed by atoms with Crippen LogP contribution in [0.3, 0.4) is 0 Å². The van der Waals surface area contributed by atoms with Gasteiger partial charge in [0, 0.05) is 24.9 Å². The molecule has 0 saturated heterocycles. The zero-order valence-corrected chi connectivity index (χ0v) is 18.8. The summed E-state index contributed by atoms with van der Waals surface area (Å²) in [5.41, 5.74) is 2.94. The molecule has 34 heavy (non-hydrogen) atoms. The first-order chi connectivity index (χ1) is 15.8. The lowest BCUT2D eigenvalue weighted by Crippen LogP contribution is -2.50. The summed E-state index contributed by atoms with van der Waals surface area (Å²) in [4.78, 5) is 14.1. The second-order valence-corrected chi connectivity index (χ2v) is 9.18. The van der Waals surface area contributed by atoms with Crippen LogP contribution in [-0.2, 0) is 10.9 Å². The highest BCUT2D eigenvalue weighted by molar-refractivity contribution is 5.70. The number of hydrogen-bond acceptors (Lipinski definition) is 6. The summed E-state index contributed by atoms with van der Waals surface area (Å²) < 4.78 is 44.8. The Labute approximate surface area is 195 Å². The molecule has 0 saturated carbocycles. The number of benzene rings is 1. The number of allylic oxidation sites excluding steroid dienone is 2. The predicted octanol–water partition coefficient (Wildman–Crippen LogP) is 4.37. The second-order valence-electron chi connectivity index (χ2n) is 9.18. The number of halogens is 3. The lowest BCUT2D eigenvalue weighted by Gasteiger charge is -2.45. The summed E-state index contributed by atoms with van der Waals surface area (Å²) in [6, 6.07) is 9.92. The average Bonchev–Trinajstić information content (AvgIpc) is 2.76. The third-order valence-corrected chi connectivity index (χ3v) is 5.91. The zero-order valence-electron chi connectivity index (χ0n) is 18.8. The smallest absolute Gasteiger partial charge is 0.416 e. The molecule has 1 aliphatic carbocycles. The summed E-state index contributed by atoms with van der Waals surface area (Å²) in [5, 5.41) is 29.9. The summed E-state index contributed by atoms with van der Waals surface area (Å²) in [6.45, 7) is 5.20. The van der Waals surface area contributed by atoms with Gasteiger partial charge in [-0.05, 0) is 44.0 Å². The molecule has 2 atom stereocenters. The van der Waals surface area contributed by atoms with Gasteiger partial charge in [-0.1, -0.05) is 18.2 Å². The summed E-state index contributed by atoms with van der Waals surface area (Å²) in [6.07, 6.45) is -3.59. The Balaban J connectivity index is 2.18. The molecule has 10 heteroatoms. The van der Waals surface area contributed by atoms with Crippen molar-refractivity contribution in [3.05, 3.63) is 58.3 Å². The fraction of sp³-hybridized carbons (Fsp3) is 0.417. The Hall–Kier alpha value is -3.97.